The number of anilines is 2. The predicted octanol–water partition coefficient (Wildman–Crippen LogP) is 0.817. The summed E-state index contributed by atoms with van der Waals surface area (Å²) in [5.74, 6) is 7.22. The molecular weight excluding hydrogens is 270 g/mol. The number of methoxy groups -OCH3 is 1. The summed E-state index contributed by atoms with van der Waals surface area (Å²) in [6.07, 6.45) is 2.90. The standard InChI is InChI=1S/C13H21N7O/c1-4-10-9(7-20(2)19-10)6-15-11-5-12(18-14)17-13(16-11)8-21-3/h5,7H,4,6,8,14H2,1-3H3,(H2,15,16,17,18). The zero-order valence-corrected chi connectivity index (χ0v) is 12.6. The van der Waals surface area contributed by atoms with Crippen LogP contribution in [0.3, 0.4) is 0 Å². The molecule has 0 unspecified atom stereocenters. The molecule has 0 saturated carbocycles. The summed E-state index contributed by atoms with van der Waals surface area (Å²) < 4.78 is 6.87. The lowest BCUT2D eigenvalue weighted by Gasteiger charge is -2.09. The van der Waals surface area contributed by atoms with Crippen molar-refractivity contribution >= 4 is 11.6 Å². The molecule has 0 bridgehead atoms. The quantitative estimate of drug-likeness (QED) is 0.512. The van der Waals surface area contributed by atoms with Crippen molar-refractivity contribution in [3.05, 3.63) is 29.3 Å². The highest BCUT2D eigenvalue weighted by molar-refractivity contribution is 5.47. The molecule has 0 fully saturated rings. The Labute approximate surface area is 123 Å². The van der Waals surface area contributed by atoms with Crippen LogP contribution in [0.5, 0.6) is 0 Å². The monoisotopic (exact) mass is 291 g/mol. The second-order valence-electron chi connectivity index (χ2n) is 4.61. The Morgan fingerprint density at radius 3 is 2.76 bits per heavy atom. The lowest BCUT2D eigenvalue weighted by Crippen LogP contribution is -2.12. The van der Waals surface area contributed by atoms with E-state index in [9.17, 15) is 0 Å². The Morgan fingerprint density at radius 1 is 1.33 bits per heavy atom. The Kier molecular flexibility index (Phi) is 5.07. The number of nitrogens with two attached hydrogens (primary N) is 1. The number of nitrogens with zero attached hydrogens (tertiary/aromatic N) is 4. The third-order valence-corrected chi connectivity index (χ3v) is 2.98. The fraction of sp³-hybridized carbons (Fsp3) is 0.462. The van der Waals surface area contributed by atoms with Crippen molar-refractivity contribution < 1.29 is 4.74 Å². The van der Waals surface area contributed by atoms with E-state index >= 15 is 0 Å². The second-order valence-corrected chi connectivity index (χ2v) is 4.61. The first kappa shape index (κ1) is 15.2. The van der Waals surface area contributed by atoms with E-state index in [1.165, 1.54) is 0 Å². The summed E-state index contributed by atoms with van der Waals surface area (Å²) in [6.45, 7) is 3.06. The smallest absolute Gasteiger partial charge is 0.158 e. The average Bonchev–Trinajstić information content (AvgIpc) is 2.85. The van der Waals surface area contributed by atoms with Crippen LogP contribution in [-0.2, 0) is 31.4 Å². The molecule has 8 nitrogen and oxygen atoms in total. The molecule has 114 valence electrons. The molecule has 0 aromatic carbocycles. The van der Waals surface area contributed by atoms with Gasteiger partial charge >= 0.3 is 0 Å². The van der Waals surface area contributed by atoms with Crippen LogP contribution < -0.4 is 16.6 Å². The van der Waals surface area contributed by atoms with E-state index in [2.05, 4.69) is 32.7 Å². The number of aromatic nitrogens is 4. The number of hydrazine groups is 1. The molecule has 0 aliphatic heterocycles. The summed E-state index contributed by atoms with van der Waals surface area (Å²) in [5.41, 5.74) is 4.75. The zero-order valence-electron chi connectivity index (χ0n) is 12.6. The van der Waals surface area contributed by atoms with Gasteiger partial charge in [0.25, 0.3) is 0 Å². The molecule has 2 aromatic rings. The number of hydrogen-bond donors (Lipinski definition) is 3. The number of rotatable bonds is 7. The molecular formula is C13H21N7O. The lowest BCUT2D eigenvalue weighted by molar-refractivity contribution is 0.178. The molecule has 2 aromatic heterocycles. The van der Waals surface area contributed by atoms with E-state index < -0.39 is 0 Å². The number of aryl methyl sites for hydroxylation is 2. The van der Waals surface area contributed by atoms with Crippen LogP contribution in [0.2, 0.25) is 0 Å². The number of nitrogens with one attached hydrogen (secondary N) is 2. The molecule has 0 atom stereocenters. The molecule has 0 amide bonds. The molecule has 0 aliphatic carbocycles. The first-order valence-electron chi connectivity index (χ1n) is 6.75. The SMILES string of the molecule is CCc1nn(C)cc1CNc1cc(NN)nc(COC)n1. The van der Waals surface area contributed by atoms with Crippen LogP contribution >= 0.6 is 0 Å². The Morgan fingerprint density at radius 2 is 2.10 bits per heavy atom. The van der Waals surface area contributed by atoms with E-state index in [4.69, 9.17) is 10.6 Å². The highest BCUT2D eigenvalue weighted by Crippen LogP contribution is 2.14. The molecule has 2 rings (SSSR count). The minimum Gasteiger partial charge on any atom is -0.377 e. The third kappa shape index (κ3) is 3.89. The maximum atomic E-state index is 5.42. The predicted molar refractivity (Wildman–Crippen MR) is 80.5 cm³/mol. The van der Waals surface area contributed by atoms with Gasteiger partial charge < -0.3 is 15.5 Å². The Hall–Kier alpha value is -2.19. The summed E-state index contributed by atoms with van der Waals surface area (Å²) >= 11 is 0. The van der Waals surface area contributed by atoms with Crippen molar-refractivity contribution in [1.82, 2.24) is 19.7 Å². The van der Waals surface area contributed by atoms with E-state index in [0.29, 0.717) is 30.6 Å². The topological polar surface area (TPSA) is 103 Å². The highest BCUT2D eigenvalue weighted by atomic mass is 16.5. The summed E-state index contributed by atoms with van der Waals surface area (Å²) in [7, 11) is 3.52. The summed E-state index contributed by atoms with van der Waals surface area (Å²) in [5, 5.41) is 7.68. The fourth-order valence-electron chi connectivity index (χ4n) is 2.07. The van der Waals surface area contributed by atoms with E-state index in [-0.39, 0.29) is 0 Å². The van der Waals surface area contributed by atoms with Gasteiger partial charge in [-0.3, -0.25) is 4.68 Å². The van der Waals surface area contributed by atoms with Gasteiger partial charge in [-0.25, -0.2) is 15.8 Å². The van der Waals surface area contributed by atoms with E-state index in [1.807, 2.05) is 17.9 Å². The Bertz CT molecular complexity index is 596. The minimum atomic E-state index is 0.331. The van der Waals surface area contributed by atoms with Crippen molar-refractivity contribution in [2.75, 3.05) is 17.9 Å². The molecule has 21 heavy (non-hydrogen) atoms. The number of hydrogen-bond acceptors (Lipinski definition) is 7. The van der Waals surface area contributed by atoms with Gasteiger partial charge in [-0.05, 0) is 6.42 Å². The van der Waals surface area contributed by atoms with Crippen molar-refractivity contribution in [3.63, 3.8) is 0 Å². The van der Waals surface area contributed by atoms with Crippen molar-refractivity contribution in [2.45, 2.75) is 26.5 Å². The van der Waals surface area contributed by atoms with Gasteiger partial charge in [0.05, 0.1) is 5.69 Å². The van der Waals surface area contributed by atoms with Gasteiger partial charge in [-0.1, -0.05) is 6.92 Å². The first-order chi connectivity index (χ1) is 10.2. The Balaban J connectivity index is 2.13. The van der Waals surface area contributed by atoms with Crippen LogP contribution in [0.25, 0.3) is 0 Å². The minimum absolute atomic E-state index is 0.331. The summed E-state index contributed by atoms with van der Waals surface area (Å²) in [4.78, 5) is 8.58. The number of nitrogen functional groups attached to an aromatic ring is 1. The molecule has 2 heterocycles. The molecule has 8 heteroatoms. The normalized spacial score (nSPS) is 10.7. The largest absolute Gasteiger partial charge is 0.377 e. The fourth-order valence-corrected chi connectivity index (χ4v) is 2.07. The maximum Gasteiger partial charge on any atom is 0.158 e. The molecule has 4 N–H and O–H groups in total. The van der Waals surface area contributed by atoms with Crippen molar-refractivity contribution in [1.29, 1.82) is 0 Å². The van der Waals surface area contributed by atoms with Gasteiger partial charge in [0.2, 0.25) is 0 Å². The van der Waals surface area contributed by atoms with Crippen LogP contribution in [0.1, 0.15) is 24.0 Å². The average molecular weight is 291 g/mol. The first-order valence-corrected chi connectivity index (χ1v) is 6.75. The molecule has 0 radical (unpaired) electrons. The molecule has 0 spiro atoms. The van der Waals surface area contributed by atoms with Crippen LogP contribution in [0, 0.1) is 0 Å². The highest BCUT2D eigenvalue weighted by Gasteiger charge is 2.08. The van der Waals surface area contributed by atoms with Gasteiger partial charge in [0.15, 0.2) is 5.82 Å². The van der Waals surface area contributed by atoms with Crippen molar-refractivity contribution in [2.24, 2.45) is 12.9 Å². The van der Waals surface area contributed by atoms with Gasteiger partial charge in [0, 0.05) is 38.5 Å². The van der Waals surface area contributed by atoms with Crippen LogP contribution in [0.4, 0.5) is 11.6 Å². The molecule has 0 aliphatic rings. The van der Waals surface area contributed by atoms with E-state index in [1.54, 1.807) is 13.2 Å². The van der Waals surface area contributed by atoms with Gasteiger partial charge in [-0.15, -0.1) is 0 Å². The molecule has 0 saturated heterocycles. The lowest BCUT2D eigenvalue weighted by atomic mass is 10.2. The summed E-state index contributed by atoms with van der Waals surface area (Å²) in [6, 6.07) is 1.75. The van der Waals surface area contributed by atoms with Crippen LogP contribution in [0.15, 0.2) is 12.3 Å². The number of ether oxygens (including phenoxy) is 1. The van der Waals surface area contributed by atoms with Gasteiger partial charge in [-0.2, -0.15) is 5.10 Å². The maximum absolute atomic E-state index is 5.42. The van der Waals surface area contributed by atoms with Crippen molar-refractivity contribution in [3.8, 4) is 0 Å². The van der Waals surface area contributed by atoms with E-state index in [0.717, 1.165) is 17.7 Å². The zero-order chi connectivity index (χ0) is 15.2. The second kappa shape index (κ2) is 7.00. The van der Waals surface area contributed by atoms with Gasteiger partial charge in [0.1, 0.15) is 18.2 Å². The third-order valence-electron chi connectivity index (χ3n) is 2.98. The van der Waals surface area contributed by atoms with Crippen LogP contribution in [-0.4, -0.2) is 26.9 Å².